The van der Waals surface area contributed by atoms with Gasteiger partial charge in [-0.05, 0) is 49.6 Å². The number of hydrogen-bond acceptors (Lipinski definition) is 2. The predicted molar refractivity (Wildman–Crippen MR) is 96.6 cm³/mol. The monoisotopic (exact) mass is 391 g/mol. The molecular formula is C18H18BrNO2S. The molecule has 0 aliphatic heterocycles. The topological polar surface area (TPSA) is 46.2 Å². The van der Waals surface area contributed by atoms with Gasteiger partial charge in [0.1, 0.15) is 0 Å². The summed E-state index contributed by atoms with van der Waals surface area (Å²) in [5, 5.41) is 0. The summed E-state index contributed by atoms with van der Waals surface area (Å²) in [7, 11) is -3.47. The van der Waals surface area contributed by atoms with Gasteiger partial charge in [0.05, 0.1) is 4.90 Å². The number of aryl methyl sites for hydroxylation is 1. The van der Waals surface area contributed by atoms with Gasteiger partial charge in [-0.2, -0.15) is 0 Å². The van der Waals surface area contributed by atoms with E-state index in [2.05, 4.69) is 26.7 Å². The lowest BCUT2D eigenvalue weighted by Crippen LogP contribution is -2.41. The molecule has 2 aromatic carbocycles. The molecule has 1 aliphatic rings. The molecule has 23 heavy (non-hydrogen) atoms. The Bertz CT molecular complexity index is 824. The lowest BCUT2D eigenvalue weighted by Gasteiger charge is -2.30. The van der Waals surface area contributed by atoms with Gasteiger partial charge >= 0.3 is 0 Å². The highest BCUT2D eigenvalue weighted by molar-refractivity contribution is 9.10. The summed E-state index contributed by atoms with van der Waals surface area (Å²) in [4.78, 5) is 0.318. The van der Waals surface area contributed by atoms with Crippen LogP contribution in [0.2, 0.25) is 0 Å². The van der Waals surface area contributed by atoms with Gasteiger partial charge in [-0.15, -0.1) is 0 Å². The number of rotatable bonds is 4. The highest BCUT2D eigenvalue weighted by Gasteiger charge is 2.29. The molecule has 0 radical (unpaired) electrons. The molecular weight excluding hydrogens is 374 g/mol. The van der Waals surface area contributed by atoms with Crippen LogP contribution in [-0.4, -0.2) is 14.5 Å². The maximum atomic E-state index is 12.4. The van der Waals surface area contributed by atoms with Crippen LogP contribution in [0.25, 0.3) is 6.08 Å². The Morgan fingerprint density at radius 3 is 2.30 bits per heavy atom. The van der Waals surface area contributed by atoms with Gasteiger partial charge in [-0.1, -0.05) is 57.4 Å². The second kappa shape index (κ2) is 6.59. The van der Waals surface area contributed by atoms with Crippen LogP contribution in [0.15, 0.2) is 63.5 Å². The summed E-state index contributed by atoms with van der Waals surface area (Å²) in [6.07, 6.45) is 3.84. The van der Waals surface area contributed by atoms with Crippen LogP contribution < -0.4 is 4.72 Å². The molecule has 1 N–H and O–H groups in total. The van der Waals surface area contributed by atoms with Crippen molar-refractivity contribution in [3.63, 3.8) is 0 Å². The molecule has 3 nitrogen and oxygen atoms in total. The number of nitrogens with one attached hydrogen (secondary N) is 1. The van der Waals surface area contributed by atoms with Crippen LogP contribution in [0.5, 0.6) is 0 Å². The largest absolute Gasteiger partial charge is 0.241 e. The third kappa shape index (κ3) is 3.91. The van der Waals surface area contributed by atoms with E-state index in [0.29, 0.717) is 4.90 Å². The standard InChI is InChI=1S/C18H18BrNO2S/c1-13-2-9-17(10-3-13)23(21,22)20-18-11-6-15(18)12-14-4-7-16(19)8-5-14/h2-5,7-10,12,18,20H,6,11H2,1H3/b15-12+. The summed E-state index contributed by atoms with van der Waals surface area (Å²) in [5.74, 6) is 0. The molecule has 3 rings (SSSR count). The van der Waals surface area contributed by atoms with Crippen molar-refractivity contribution in [1.82, 2.24) is 4.72 Å². The fraction of sp³-hybridized carbons (Fsp3) is 0.222. The fourth-order valence-corrected chi connectivity index (χ4v) is 4.05. The second-order valence-electron chi connectivity index (χ2n) is 5.80. The Kier molecular flexibility index (Phi) is 4.71. The van der Waals surface area contributed by atoms with Gasteiger partial charge in [0.25, 0.3) is 0 Å². The maximum Gasteiger partial charge on any atom is 0.241 e. The van der Waals surface area contributed by atoms with Crippen LogP contribution in [0.3, 0.4) is 0 Å². The summed E-state index contributed by atoms with van der Waals surface area (Å²) in [5.41, 5.74) is 3.26. The van der Waals surface area contributed by atoms with Crippen molar-refractivity contribution in [3.8, 4) is 0 Å². The normalized spacial score (nSPS) is 19.6. The smallest absolute Gasteiger partial charge is 0.207 e. The van der Waals surface area contributed by atoms with E-state index in [1.54, 1.807) is 12.1 Å². The molecule has 2 aromatic rings. The van der Waals surface area contributed by atoms with E-state index in [4.69, 9.17) is 0 Å². The second-order valence-corrected chi connectivity index (χ2v) is 8.43. The first-order valence-electron chi connectivity index (χ1n) is 7.49. The van der Waals surface area contributed by atoms with Crippen molar-refractivity contribution in [1.29, 1.82) is 0 Å². The van der Waals surface area contributed by atoms with E-state index in [1.165, 1.54) is 0 Å². The minimum Gasteiger partial charge on any atom is -0.207 e. The van der Waals surface area contributed by atoms with Gasteiger partial charge < -0.3 is 0 Å². The van der Waals surface area contributed by atoms with Crippen molar-refractivity contribution in [2.45, 2.75) is 30.7 Å². The summed E-state index contributed by atoms with van der Waals surface area (Å²) < 4.78 is 28.7. The molecule has 0 heterocycles. The third-order valence-corrected chi connectivity index (χ3v) is 6.04. The van der Waals surface area contributed by atoms with Gasteiger partial charge in [0, 0.05) is 10.5 Å². The molecule has 0 amide bonds. The molecule has 120 valence electrons. The summed E-state index contributed by atoms with van der Waals surface area (Å²) >= 11 is 3.41. The molecule has 0 aromatic heterocycles. The van der Waals surface area contributed by atoms with Crippen molar-refractivity contribution in [3.05, 3.63) is 69.7 Å². The van der Waals surface area contributed by atoms with E-state index in [1.807, 2.05) is 43.3 Å². The molecule has 0 saturated heterocycles. The summed E-state index contributed by atoms with van der Waals surface area (Å²) in [6, 6.07) is 14.8. The molecule has 1 fully saturated rings. The number of halogens is 1. The van der Waals surface area contributed by atoms with Gasteiger partial charge in [0.15, 0.2) is 0 Å². The molecule has 5 heteroatoms. The average Bonchev–Trinajstić information content (AvgIpc) is 2.51. The Hall–Kier alpha value is -1.43. The summed E-state index contributed by atoms with van der Waals surface area (Å²) in [6.45, 7) is 1.94. The third-order valence-electron chi connectivity index (χ3n) is 4.02. The molecule has 1 aliphatic carbocycles. The minimum absolute atomic E-state index is 0.107. The highest BCUT2D eigenvalue weighted by atomic mass is 79.9. The Balaban J connectivity index is 1.75. The van der Waals surface area contributed by atoms with Gasteiger partial charge in [-0.3, -0.25) is 0 Å². The number of hydrogen-bond donors (Lipinski definition) is 1. The van der Waals surface area contributed by atoms with Gasteiger partial charge in [-0.25, -0.2) is 13.1 Å². The molecule has 1 unspecified atom stereocenters. The Morgan fingerprint density at radius 2 is 1.74 bits per heavy atom. The first-order valence-corrected chi connectivity index (χ1v) is 9.77. The molecule has 0 bridgehead atoms. The Morgan fingerprint density at radius 1 is 1.09 bits per heavy atom. The number of sulfonamides is 1. The van der Waals surface area contributed by atoms with E-state index >= 15 is 0 Å². The average molecular weight is 392 g/mol. The minimum atomic E-state index is -3.47. The van der Waals surface area contributed by atoms with E-state index in [-0.39, 0.29) is 6.04 Å². The lowest BCUT2D eigenvalue weighted by atomic mass is 9.85. The van der Waals surface area contributed by atoms with E-state index in [0.717, 1.165) is 34.0 Å². The SMILES string of the molecule is Cc1ccc(S(=O)(=O)NC2CC/C2=C\c2ccc(Br)cc2)cc1. The number of benzene rings is 2. The first kappa shape index (κ1) is 16.4. The molecule has 1 atom stereocenters. The van der Waals surface area contributed by atoms with Crippen molar-refractivity contribution in [2.75, 3.05) is 0 Å². The van der Waals surface area contributed by atoms with Crippen LogP contribution in [0, 0.1) is 6.92 Å². The predicted octanol–water partition coefficient (Wildman–Crippen LogP) is 4.28. The van der Waals surface area contributed by atoms with Crippen LogP contribution >= 0.6 is 15.9 Å². The van der Waals surface area contributed by atoms with E-state index < -0.39 is 10.0 Å². The van der Waals surface area contributed by atoms with Crippen molar-refractivity contribution >= 4 is 32.0 Å². The van der Waals surface area contributed by atoms with Crippen LogP contribution in [-0.2, 0) is 10.0 Å². The zero-order chi connectivity index (χ0) is 16.4. The zero-order valence-corrected chi connectivity index (χ0v) is 15.2. The van der Waals surface area contributed by atoms with Crippen molar-refractivity contribution in [2.24, 2.45) is 0 Å². The van der Waals surface area contributed by atoms with Crippen molar-refractivity contribution < 1.29 is 8.42 Å². The van der Waals surface area contributed by atoms with Crippen LogP contribution in [0.4, 0.5) is 0 Å². The van der Waals surface area contributed by atoms with E-state index in [9.17, 15) is 8.42 Å². The van der Waals surface area contributed by atoms with Crippen LogP contribution in [0.1, 0.15) is 24.0 Å². The lowest BCUT2D eigenvalue weighted by molar-refractivity contribution is 0.499. The molecule has 1 saturated carbocycles. The first-order chi connectivity index (χ1) is 10.9. The zero-order valence-electron chi connectivity index (χ0n) is 12.8. The highest BCUT2D eigenvalue weighted by Crippen LogP contribution is 2.30. The molecule has 0 spiro atoms. The fourth-order valence-electron chi connectivity index (χ4n) is 2.51. The Labute approximate surface area is 145 Å². The maximum absolute atomic E-state index is 12.4. The van der Waals surface area contributed by atoms with Gasteiger partial charge in [0.2, 0.25) is 10.0 Å². The quantitative estimate of drug-likeness (QED) is 0.844.